The van der Waals surface area contributed by atoms with Crippen molar-refractivity contribution in [1.29, 1.82) is 0 Å². The average Bonchev–Trinajstić information content (AvgIpc) is 2.40. The number of halogens is 1. The van der Waals surface area contributed by atoms with Crippen LogP contribution in [0.2, 0.25) is 0 Å². The quantitative estimate of drug-likeness (QED) is 0.526. The molecule has 0 saturated heterocycles. The van der Waals surface area contributed by atoms with Crippen LogP contribution < -0.4 is 10.0 Å². The Morgan fingerprint density at radius 3 is 2.95 bits per heavy atom. The van der Waals surface area contributed by atoms with Gasteiger partial charge in [-0.15, -0.1) is 0 Å². The lowest BCUT2D eigenvalue weighted by molar-refractivity contribution is -0.645. The molecule has 0 fully saturated rings. The van der Waals surface area contributed by atoms with Gasteiger partial charge in [0.2, 0.25) is 5.91 Å². The number of pyridine rings is 2. The number of hydrogen-bond acceptors (Lipinski definition) is 4. The van der Waals surface area contributed by atoms with E-state index in [0.29, 0.717) is 10.8 Å². The molecule has 5 nitrogen and oxygen atoms in total. The summed E-state index contributed by atoms with van der Waals surface area (Å²) in [5, 5.41) is 14.5. The zero-order chi connectivity index (χ0) is 13.7. The fourth-order valence-electron chi connectivity index (χ4n) is 1.29. The molecule has 0 radical (unpaired) electrons. The van der Waals surface area contributed by atoms with E-state index in [1.807, 2.05) is 0 Å². The Morgan fingerprint density at radius 1 is 1.42 bits per heavy atom. The van der Waals surface area contributed by atoms with Gasteiger partial charge < -0.3 is 10.5 Å². The van der Waals surface area contributed by atoms with Crippen LogP contribution >= 0.6 is 27.7 Å². The van der Waals surface area contributed by atoms with Crippen LogP contribution in [0.4, 0.5) is 5.82 Å². The normalized spacial score (nSPS) is 10.2. The minimum Gasteiger partial charge on any atom is -0.618 e. The number of thioether (sulfide) groups is 1. The van der Waals surface area contributed by atoms with Crippen LogP contribution in [0.25, 0.3) is 0 Å². The number of aromatic nitrogens is 2. The minimum atomic E-state index is -0.205. The topological polar surface area (TPSA) is 68.9 Å². The monoisotopic (exact) mass is 339 g/mol. The molecule has 0 unspecified atom stereocenters. The smallest absolute Gasteiger partial charge is 0.251 e. The van der Waals surface area contributed by atoms with Crippen molar-refractivity contribution < 1.29 is 9.52 Å². The molecule has 0 bridgehead atoms. The van der Waals surface area contributed by atoms with Gasteiger partial charge in [-0.25, -0.2) is 4.98 Å². The molecule has 0 saturated carbocycles. The van der Waals surface area contributed by atoms with Crippen LogP contribution in [0.1, 0.15) is 0 Å². The molecule has 0 aliphatic rings. The summed E-state index contributed by atoms with van der Waals surface area (Å²) in [4.78, 5) is 15.7. The van der Waals surface area contributed by atoms with Gasteiger partial charge in [-0.2, -0.15) is 4.73 Å². The fraction of sp³-hybridized carbons (Fsp3) is 0.0833. The van der Waals surface area contributed by atoms with Crippen molar-refractivity contribution in [2.24, 2.45) is 0 Å². The molecule has 1 N–H and O–H groups in total. The van der Waals surface area contributed by atoms with Gasteiger partial charge >= 0.3 is 0 Å². The molecular formula is C12H10BrN3O2S. The van der Waals surface area contributed by atoms with Crippen molar-refractivity contribution in [3.63, 3.8) is 0 Å². The van der Waals surface area contributed by atoms with E-state index in [9.17, 15) is 10.0 Å². The van der Waals surface area contributed by atoms with Gasteiger partial charge in [0.05, 0.1) is 5.75 Å². The standard InChI is InChI=1S/C12H10BrN3O2S/c13-9-4-5-10(14-7-9)15-11(17)8-19-12-3-1-2-6-16(12)18/h1-7H,8H2,(H,14,15,17). The Balaban J connectivity index is 1.88. The molecule has 0 aromatic carbocycles. The Bertz CT molecular complexity index is 577. The first-order chi connectivity index (χ1) is 9.15. The summed E-state index contributed by atoms with van der Waals surface area (Å²) in [6.45, 7) is 0. The van der Waals surface area contributed by atoms with Crippen molar-refractivity contribution in [3.8, 4) is 0 Å². The molecule has 0 aliphatic carbocycles. The summed E-state index contributed by atoms with van der Waals surface area (Å²) in [7, 11) is 0. The first kappa shape index (κ1) is 13.8. The van der Waals surface area contributed by atoms with E-state index < -0.39 is 0 Å². The lowest BCUT2D eigenvalue weighted by Gasteiger charge is -2.04. The van der Waals surface area contributed by atoms with Gasteiger partial charge in [0.25, 0.3) is 5.03 Å². The third-order valence-corrected chi connectivity index (χ3v) is 3.62. The Labute approximate surface area is 122 Å². The fourth-order valence-corrected chi connectivity index (χ4v) is 2.24. The highest BCUT2D eigenvalue weighted by Crippen LogP contribution is 2.14. The predicted octanol–water partition coefficient (Wildman–Crippen LogP) is 2.21. The number of anilines is 1. The first-order valence-electron chi connectivity index (χ1n) is 5.37. The molecule has 2 rings (SSSR count). The van der Waals surface area contributed by atoms with Crippen LogP contribution in [0.5, 0.6) is 0 Å². The van der Waals surface area contributed by atoms with Gasteiger partial charge in [0.15, 0.2) is 6.20 Å². The summed E-state index contributed by atoms with van der Waals surface area (Å²) in [6.07, 6.45) is 3.00. The number of rotatable bonds is 4. The van der Waals surface area contributed by atoms with Crippen LogP contribution in [0.15, 0.2) is 52.2 Å². The maximum absolute atomic E-state index is 11.7. The molecule has 0 aliphatic heterocycles. The van der Waals surface area contributed by atoms with E-state index in [2.05, 4.69) is 26.2 Å². The van der Waals surface area contributed by atoms with E-state index in [-0.39, 0.29) is 11.7 Å². The molecule has 2 aromatic rings. The van der Waals surface area contributed by atoms with Crippen molar-refractivity contribution >= 4 is 39.4 Å². The van der Waals surface area contributed by atoms with Gasteiger partial charge in [-0.1, -0.05) is 0 Å². The second kappa shape index (κ2) is 6.53. The number of carbonyl (C=O) groups excluding carboxylic acids is 1. The van der Waals surface area contributed by atoms with Crippen LogP contribution in [-0.2, 0) is 4.79 Å². The predicted molar refractivity (Wildman–Crippen MR) is 76.7 cm³/mol. The second-order valence-corrected chi connectivity index (χ2v) is 5.47. The van der Waals surface area contributed by atoms with Gasteiger partial charge in [0, 0.05) is 22.8 Å². The summed E-state index contributed by atoms with van der Waals surface area (Å²) in [5.74, 6) is 0.435. The molecule has 98 valence electrons. The van der Waals surface area contributed by atoms with Crippen molar-refractivity contribution in [2.45, 2.75) is 5.03 Å². The lowest BCUT2D eigenvalue weighted by Crippen LogP contribution is -2.28. The molecule has 19 heavy (non-hydrogen) atoms. The summed E-state index contributed by atoms with van der Waals surface area (Å²) in [6, 6.07) is 8.55. The zero-order valence-electron chi connectivity index (χ0n) is 9.75. The SMILES string of the molecule is O=C(CSc1cccc[n+]1[O-])Nc1ccc(Br)cn1. The zero-order valence-corrected chi connectivity index (χ0v) is 12.1. The number of carbonyl (C=O) groups is 1. The lowest BCUT2D eigenvalue weighted by atomic mass is 10.4. The highest BCUT2D eigenvalue weighted by atomic mass is 79.9. The van der Waals surface area contributed by atoms with Crippen LogP contribution in [0, 0.1) is 5.21 Å². The molecule has 2 heterocycles. The van der Waals surface area contributed by atoms with Gasteiger partial charge in [-0.05, 0) is 45.9 Å². The third kappa shape index (κ3) is 4.22. The molecular weight excluding hydrogens is 330 g/mol. The Kier molecular flexibility index (Phi) is 4.75. The van der Waals surface area contributed by atoms with E-state index in [1.165, 1.54) is 18.0 Å². The number of hydrogen-bond donors (Lipinski definition) is 1. The van der Waals surface area contributed by atoms with E-state index >= 15 is 0 Å². The van der Waals surface area contributed by atoms with E-state index in [4.69, 9.17) is 0 Å². The second-order valence-electron chi connectivity index (χ2n) is 3.56. The van der Waals surface area contributed by atoms with Crippen molar-refractivity contribution in [3.05, 3.63) is 52.4 Å². The molecule has 1 amide bonds. The molecule has 0 atom stereocenters. The number of nitrogens with one attached hydrogen (secondary N) is 1. The highest BCUT2D eigenvalue weighted by molar-refractivity contribution is 9.10. The highest BCUT2D eigenvalue weighted by Gasteiger charge is 2.09. The van der Waals surface area contributed by atoms with E-state index in [1.54, 1.807) is 36.5 Å². The first-order valence-corrected chi connectivity index (χ1v) is 7.15. The number of nitrogens with zero attached hydrogens (tertiary/aromatic N) is 2. The average molecular weight is 340 g/mol. The van der Waals surface area contributed by atoms with Crippen molar-refractivity contribution in [2.75, 3.05) is 11.1 Å². The molecule has 0 spiro atoms. The minimum absolute atomic E-state index is 0.157. The van der Waals surface area contributed by atoms with Gasteiger partial charge in [-0.3, -0.25) is 4.79 Å². The van der Waals surface area contributed by atoms with Crippen molar-refractivity contribution in [1.82, 2.24) is 4.98 Å². The maximum Gasteiger partial charge on any atom is 0.251 e. The summed E-state index contributed by atoms with van der Waals surface area (Å²) in [5.41, 5.74) is 0. The Hall–Kier alpha value is -1.60. The number of amides is 1. The maximum atomic E-state index is 11.7. The largest absolute Gasteiger partial charge is 0.618 e. The summed E-state index contributed by atoms with van der Waals surface area (Å²) < 4.78 is 1.58. The summed E-state index contributed by atoms with van der Waals surface area (Å²) >= 11 is 4.44. The van der Waals surface area contributed by atoms with E-state index in [0.717, 1.165) is 9.20 Å². The van der Waals surface area contributed by atoms with Crippen LogP contribution in [0.3, 0.4) is 0 Å². The Morgan fingerprint density at radius 2 is 2.26 bits per heavy atom. The molecule has 7 heteroatoms. The van der Waals surface area contributed by atoms with Crippen LogP contribution in [-0.4, -0.2) is 16.6 Å². The third-order valence-electron chi connectivity index (χ3n) is 2.13. The van der Waals surface area contributed by atoms with Gasteiger partial charge in [0.1, 0.15) is 5.82 Å². The molecule has 2 aromatic heterocycles.